The maximum Gasteiger partial charge on any atom is 0.257 e. The number of carbonyl (C=O) groups excluding carboxylic acids is 1. The number of anilines is 1. The standard InChI is InChI=1S/C26H21ClN6O2/c1-35-19-12-8-16(9-13-19)14-29-26(34)22-23-25(32-21-5-3-2-4-20(21)31-23)33(24(22)28)30-15-17-6-10-18(27)11-7-17/h2-13,15H,14,28H2,1H3,(H,29,34). The predicted molar refractivity (Wildman–Crippen MR) is 138 cm³/mol. The molecular formula is C26H21ClN6O2. The highest BCUT2D eigenvalue weighted by molar-refractivity contribution is 6.30. The molecule has 0 saturated carbocycles. The molecule has 1 amide bonds. The topological polar surface area (TPSA) is 107 Å². The fourth-order valence-electron chi connectivity index (χ4n) is 3.68. The molecule has 35 heavy (non-hydrogen) atoms. The maximum absolute atomic E-state index is 13.3. The number of nitrogens with zero attached hydrogens (tertiary/aromatic N) is 4. The fourth-order valence-corrected chi connectivity index (χ4v) is 3.80. The minimum Gasteiger partial charge on any atom is -0.497 e. The number of rotatable bonds is 6. The van der Waals surface area contributed by atoms with Crippen molar-refractivity contribution in [2.24, 2.45) is 5.10 Å². The van der Waals surface area contributed by atoms with E-state index >= 15 is 0 Å². The summed E-state index contributed by atoms with van der Waals surface area (Å²) in [6, 6.07) is 22.1. The van der Waals surface area contributed by atoms with Crippen molar-refractivity contribution in [3.8, 4) is 5.75 Å². The number of ether oxygens (including phenoxy) is 1. The summed E-state index contributed by atoms with van der Waals surface area (Å²) >= 11 is 5.98. The average Bonchev–Trinajstić information content (AvgIpc) is 3.15. The molecule has 2 heterocycles. The van der Waals surface area contributed by atoms with E-state index in [0.29, 0.717) is 33.8 Å². The molecule has 0 fully saturated rings. The second kappa shape index (κ2) is 9.44. The van der Waals surface area contributed by atoms with Gasteiger partial charge in [0.2, 0.25) is 0 Å². The first-order chi connectivity index (χ1) is 17.0. The average molecular weight is 485 g/mol. The van der Waals surface area contributed by atoms with Crippen molar-refractivity contribution in [1.82, 2.24) is 20.0 Å². The van der Waals surface area contributed by atoms with Crippen LogP contribution in [-0.4, -0.2) is 33.9 Å². The van der Waals surface area contributed by atoms with Crippen LogP contribution in [0.25, 0.3) is 22.2 Å². The highest BCUT2D eigenvalue weighted by Crippen LogP contribution is 2.28. The second-order valence-electron chi connectivity index (χ2n) is 7.78. The number of fused-ring (bicyclic) bond motifs is 2. The summed E-state index contributed by atoms with van der Waals surface area (Å²) in [5.74, 6) is 0.522. The second-order valence-corrected chi connectivity index (χ2v) is 8.22. The highest BCUT2D eigenvalue weighted by Gasteiger charge is 2.24. The van der Waals surface area contributed by atoms with Crippen molar-refractivity contribution in [1.29, 1.82) is 0 Å². The fraction of sp³-hybridized carbons (Fsp3) is 0.0769. The van der Waals surface area contributed by atoms with E-state index in [2.05, 4.69) is 10.4 Å². The molecule has 0 saturated heterocycles. The Morgan fingerprint density at radius 1 is 1.06 bits per heavy atom. The molecule has 0 aliphatic carbocycles. The zero-order valence-electron chi connectivity index (χ0n) is 18.8. The van der Waals surface area contributed by atoms with Gasteiger partial charge in [0.05, 0.1) is 24.4 Å². The van der Waals surface area contributed by atoms with Gasteiger partial charge in [0, 0.05) is 11.6 Å². The van der Waals surface area contributed by atoms with Crippen molar-refractivity contribution in [2.75, 3.05) is 12.8 Å². The lowest BCUT2D eigenvalue weighted by atomic mass is 10.2. The number of para-hydroxylation sites is 2. The van der Waals surface area contributed by atoms with Gasteiger partial charge in [-0.1, -0.05) is 48.0 Å². The Kier molecular flexibility index (Phi) is 6.03. The summed E-state index contributed by atoms with van der Waals surface area (Å²) < 4.78 is 6.62. The quantitative estimate of drug-likeness (QED) is 0.341. The molecule has 3 aromatic carbocycles. The third kappa shape index (κ3) is 4.51. The Labute approximate surface area is 206 Å². The Balaban J connectivity index is 1.55. The largest absolute Gasteiger partial charge is 0.497 e. The Bertz CT molecular complexity index is 1560. The Morgan fingerprint density at radius 2 is 1.74 bits per heavy atom. The first-order valence-electron chi connectivity index (χ1n) is 10.8. The van der Waals surface area contributed by atoms with E-state index in [1.54, 1.807) is 25.5 Å². The van der Waals surface area contributed by atoms with Crippen LogP contribution >= 0.6 is 11.6 Å². The summed E-state index contributed by atoms with van der Waals surface area (Å²) in [6.45, 7) is 0.310. The molecule has 8 nitrogen and oxygen atoms in total. The van der Waals surface area contributed by atoms with Crippen LogP contribution in [0.2, 0.25) is 5.02 Å². The number of methoxy groups -OCH3 is 1. The zero-order chi connectivity index (χ0) is 24.4. The molecule has 5 aromatic rings. The van der Waals surface area contributed by atoms with Crippen LogP contribution in [0.4, 0.5) is 5.82 Å². The van der Waals surface area contributed by atoms with E-state index in [-0.39, 0.29) is 17.3 Å². The number of halogens is 1. The van der Waals surface area contributed by atoms with Crippen LogP contribution < -0.4 is 15.8 Å². The van der Waals surface area contributed by atoms with Crippen LogP contribution in [0.1, 0.15) is 21.5 Å². The van der Waals surface area contributed by atoms with Gasteiger partial charge in [0.15, 0.2) is 5.65 Å². The lowest BCUT2D eigenvalue weighted by Crippen LogP contribution is -2.23. The molecule has 2 aromatic heterocycles. The summed E-state index contributed by atoms with van der Waals surface area (Å²) in [5, 5.41) is 8.05. The minimum atomic E-state index is -0.367. The van der Waals surface area contributed by atoms with Crippen LogP contribution in [0.3, 0.4) is 0 Å². The van der Waals surface area contributed by atoms with Crippen molar-refractivity contribution in [3.05, 3.63) is 94.5 Å². The molecule has 174 valence electrons. The highest BCUT2D eigenvalue weighted by atomic mass is 35.5. The van der Waals surface area contributed by atoms with Gasteiger partial charge in [0.25, 0.3) is 5.91 Å². The van der Waals surface area contributed by atoms with E-state index < -0.39 is 0 Å². The van der Waals surface area contributed by atoms with Crippen molar-refractivity contribution >= 4 is 51.7 Å². The smallest absolute Gasteiger partial charge is 0.257 e. The number of carbonyl (C=O) groups is 1. The number of nitrogens with two attached hydrogens (primary N) is 1. The van der Waals surface area contributed by atoms with Crippen molar-refractivity contribution < 1.29 is 9.53 Å². The lowest BCUT2D eigenvalue weighted by Gasteiger charge is -2.06. The molecule has 0 spiro atoms. The number of nitrogen functional groups attached to an aromatic ring is 1. The number of nitrogens with one attached hydrogen (secondary N) is 1. The van der Waals surface area contributed by atoms with Crippen LogP contribution in [0.5, 0.6) is 5.75 Å². The number of hydrogen-bond acceptors (Lipinski definition) is 6. The number of hydrogen-bond donors (Lipinski definition) is 2. The van der Waals surface area contributed by atoms with Gasteiger partial charge in [-0.05, 0) is 47.5 Å². The van der Waals surface area contributed by atoms with E-state index in [4.69, 9.17) is 32.0 Å². The number of aromatic nitrogens is 3. The first kappa shape index (κ1) is 22.4. The van der Waals surface area contributed by atoms with Gasteiger partial charge in [-0.2, -0.15) is 9.78 Å². The first-order valence-corrected chi connectivity index (χ1v) is 11.2. The van der Waals surface area contributed by atoms with E-state index in [0.717, 1.165) is 16.9 Å². The minimum absolute atomic E-state index is 0.146. The lowest BCUT2D eigenvalue weighted by molar-refractivity contribution is 0.0953. The number of amides is 1. The molecule has 0 radical (unpaired) electrons. The summed E-state index contributed by atoms with van der Waals surface area (Å²) in [7, 11) is 1.61. The van der Waals surface area contributed by atoms with Crippen molar-refractivity contribution in [3.63, 3.8) is 0 Å². The molecule has 5 rings (SSSR count). The van der Waals surface area contributed by atoms with Crippen LogP contribution in [-0.2, 0) is 6.54 Å². The van der Waals surface area contributed by atoms with E-state index in [9.17, 15) is 4.79 Å². The monoisotopic (exact) mass is 484 g/mol. The molecule has 0 aliphatic rings. The van der Waals surface area contributed by atoms with Gasteiger partial charge in [-0.3, -0.25) is 4.79 Å². The molecule has 0 unspecified atom stereocenters. The Morgan fingerprint density at radius 3 is 2.43 bits per heavy atom. The molecule has 0 aliphatic heterocycles. The molecule has 0 bridgehead atoms. The van der Waals surface area contributed by atoms with Crippen LogP contribution in [0, 0.1) is 0 Å². The summed E-state index contributed by atoms with van der Waals surface area (Å²) in [4.78, 5) is 22.7. The predicted octanol–water partition coefficient (Wildman–Crippen LogP) is 4.64. The van der Waals surface area contributed by atoms with Gasteiger partial charge in [-0.15, -0.1) is 0 Å². The van der Waals surface area contributed by atoms with Gasteiger partial charge in [0.1, 0.15) is 22.6 Å². The maximum atomic E-state index is 13.3. The van der Waals surface area contributed by atoms with Gasteiger partial charge < -0.3 is 15.8 Å². The summed E-state index contributed by atoms with van der Waals surface area (Å²) in [5.41, 5.74) is 10.5. The normalized spacial score (nSPS) is 11.4. The van der Waals surface area contributed by atoms with Crippen molar-refractivity contribution in [2.45, 2.75) is 6.54 Å². The van der Waals surface area contributed by atoms with Crippen LogP contribution in [0.15, 0.2) is 77.9 Å². The van der Waals surface area contributed by atoms with E-state index in [1.807, 2.05) is 60.7 Å². The molecule has 0 atom stereocenters. The third-order valence-corrected chi connectivity index (χ3v) is 5.76. The molecule has 3 N–H and O–H groups in total. The van der Waals surface area contributed by atoms with Gasteiger partial charge >= 0.3 is 0 Å². The number of benzene rings is 3. The SMILES string of the molecule is COc1ccc(CNC(=O)c2c(N)n(N=Cc3ccc(Cl)cc3)c3nc4ccccc4nc23)cc1. The zero-order valence-corrected chi connectivity index (χ0v) is 19.5. The molecule has 9 heteroatoms. The third-order valence-electron chi connectivity index (χ3n) is 5.51. The Hall–Kier alpha value is -4.43. The molecular weight excluding hydrogens is 464 g/mol. The van der Waals surface area contributed by atoms with Gasteiger partial charge in [-0.25, -0.2) is 9.97 Å². The van der Waals surface area contributed by atoms with E-state index in [1.165, 1.54) is 4.68 Å². The summed E-state index contributed by atoms with van der Waals surface area (Å²) in [6.07, 6.45) is 1.63.